The number of benzene rings is 1. The molecule has 1 aromatic heterocycles. The van der Waals surface area contributed by atoms with Gasteiger partial charge in [0.25, 0.3) is 0 Å². The van der Waals surface area contributed by atoms with E-state index in [1.807, 2.05) is 25.3 Å². The summed E-state index contributed by atoms with van der Waals surface area (Å²) in [6, 6.07) is 9.89. The minimum Gasteiger partial charge on any atom is -0.496 e. The lowest BCUT2D eigenvalue weighted by Gasteiger charge is -2.35. The van der Waals surface area contributed by atoms with Crippen molar-refractivity contribution in [2.45, 2.75) is 70.5 Å². The second-order valence-electron chi connectivity index (χ2n) is 9.11. The number of piperidine rings is 1. The van der Waals surface area contributed by atoms with Gasteiger partial charge in [-0.05, 0) is 75.5 Å². The molecule has 0 amide bonds. The van der Waals surface area contributed by atoms with Gasteiger partial charge in [0.1, 0.15) is 11.5 Å². The Hall–Kier alpha value is -2.11. The number of ether oxygens (including phenoxy) is 2. The average molecular weight is 424 g/mol. The zero-order valence-corrected chi connectivity index (χ0v) is 19.3. The number of rotatable bonds is 7. The molecule has 5 nitrogen and oxygen atoms in total. The Morgan fingerprint density at radius 1 is 0.935 bits per heavy atom. The highest BCUT2D eigenvalue weighted by Crippen LogP contribution is 2.34. The van der Waals surface area contributed by atoms with Crippen molar-refractivity contribution in [2.24, 2.45) is 0 Å². The summed E-state index contributed by atoms with van der Waals surface area (Å²) in [7, 11) is 3.39. The van der Waals surface area contributed by atoms with Crippen molar-refractivity contribution in [3.63, 3.8) is 0 Å². The summed E-state index contributed by atoms with van der Waals surface area (Å²) in [5.41, 5.74) is 4.30. The predicted molar refractivity (Wildman–Crippen MR) is 126 cm³/mol. The molecule has 1 saturated heterocycles. The van der Waals surface area contributed by atoms with Gasteiger partial charge in [-0.25, -0.2) is 0 Å². The quantitative estimate of drug-likeness (QED) is 0.682. The number of aromatic nitrogens is 1. The van der Waals surface area contributed by atoms with Crippen LogP contribution in [-0.4, -0.2) is 49.3 Å². The topological polar surface area (TPSA) is 46.6 Å². The summed E-state index contributed by atoms with van der Waals surface area (Å²) in [6.45, 7) is 5.31. The lowest BCUT2D eigenvalue weighted by atomic mass is 9.93. The van der Waals surface area contributed by atoms with Crippen LogP contribution in [0.15, 0.2) is 30.5 Å². The molecule has 2 fully saturated rings. The van der Waals surface area contributed by atoms with Crippen molar-refractivity contribution in [1.29, 1.82) is 0 Å². The van der Waals surface area contributed by atoms with Crippen molar-refractivity contribution >= 4 is 0 Å². The van der Waals surface area contributed by atoms with Gasteiger partial charge < -0.3 is 14.8 Å². The molecule has 2 aliphatic rings. The Balaban J connectivity index is 1.37. The van der Waals surface area contributed by atoms with Crippen LogP contribution in [0.1, 0.15) is 56.1 Å². The maximum absolute atomic E-state index is 5.54. The predicted octanol–water partition coefficient (Wildman–Crippen LogP) is 4.96. The van der Waals surface area contributed by atoms with Gasteiger partial charge in [-0.2, -0.15) is 0 Å². The zero-order valence-electron chi connectivity index (χ0n) is 19.3. The van der Waals surface area contributed by atoms with Crippen molar-refractivity contribution in [1.82, 2.24) is 15.2 Å². The molecule has 0 atom stereocenters. The summed E-state index contributed by atoms with van der Waals surface area (Å²) in [5.74, 6) is 1.66. The third-order valence-corrected chi connectivity index (χ3v) is 6.94. The maximum Gasteiger partial charge on any atom is 0.126 e. The molecule has 168 valence electrons. The fourth-order valence-corrected chi connectivity index (χ4v) is 5.08. The van der Waals surface area contributed by atoms with E-state index >= 15 is 0 Å². The van der Waals surface area contributed by atoms with Crippen LogP contribution in [0, 0.1) is 6.92 Å². The first-order valence-corrected chi connectivity index (χ1v) is 11.8. The second-order valence-corrected chi connectivity index (χ2v) is 9.11. The molecule has 2 aromatic rings. The highest BCUT2D eigenvalue weighted by molar-refractivity contribution is 5.66. The Labute approximate surface area is 187 Å². The molecule has 0 bridgehead atoms. The molecule has 4 rings (SSSR count). The van der Waals surface area contributed by atoms with Crippen molar-refractivity contribution < 1.29 is 9.47 Å². The lowest BCUT2D eigenvalue weighted by molar-refractivity contribution is 0.178. The van der Waals surface area contributed by atoms with Crippen LogP contribution in [0.5, 0.6) is 11.5 Å². The van der Waals surface area contributed by atoms with Gasteiger partial charge in [0.2, 0.25) is 0 Å². The molecule has 0 spiro atoms. The van der Waals surface area contributed by atoms with Crippen LogP contribution in [-0.2, 0) is 6.54 Å². The lowest BCUT2D eigenvalue weighted by Crippen LogP contribution is -2.46. The first-order chi connectivity index (χ1) is 15.2. The number of hydrogen-bond acceptors (Lipinski definition) is 5. The highest BCUT2D eigenvalue weighted by atomic mass is 16.5. The van der Waals surface area contributed by atoms with E-state index in [0.29, 0.717) is 6.04 Å². The van der Waals surface area contributed by atoms with E-state index in [2.05, 4.69) is 27.3 Å². The second kappa shape index (κ2) is 10.5. The smallest absolute Gasteiger partial charge is 0.126 e. The van der Waals surface area contributed by atoms with E-state index in [9.17, 15) is 0 Å². The molecule has 5 heteroatoms. The number of hydrogen-bond donors (Lipinski definition) is 1. The summed E-state index contributed by atoms with van der Waals surface area (Å²) < 4.78 is 11.1. The van der Waals surface area contributed by atoms with Gasteiger partial charge in [-0.15, -0.1) is 0 Å². The van der Waals surface area contributed by atoms with Gasteiger partial charge >= 0.3 is 0 Å². The molecule has 0 unspecified atom stereocenters. The number of methoxy groups -OCH3 is 2. The SMILES string of the molecule is COc1cc(-c2cc(CN3CCC(NC4CCCCC4)CC3)ccn2)cc(OC)c1C. The van der Waals surface area contributed by atoms with E-state index < -0.39 is 0 Å². The summed E-state index contributed by atoms with van der Waals surface area (Å²) in [6.07, 6.45) is 11.4. The van der Waals surface area contributed by atoms with E-state index in [4.69, 9.17) is 9.47 Å². The molecule has 31 heavy (non-hydrogen) atoms. The average Bonchev–Trinajstić information content (AvgIpc) is 2.81. The minimum absolute atomic E-state index is 0.694. The summed E-state index contributed by atoms with van der Waals surface area (Å²) >= 11 is 0. The standard InChI is InChI=1S/C26H37N3O2/c1-19-25(30-2)16-21(17-26(19)31-3)24-15-20(9-12-27-24)18-29-13-10-23(11-14-29)28-22-7-5-4-6-8-22/h9,12,15-17,22-23,28H,4-8,10-11,13-14,18H2,1-3H3. The largest absolute Gasteiger partial charge is 0.496 e. The summed E-state index contributed by atoms with van der Waals surface area (Å²) in [5, 5.41) is 3.94. The van der Waals surface area contributed by atoms with E-state index in [-0.39, 0.29) is 0 Å². The molecule has 1 aliphatic carbocycles. The third-order valence-electron chi connectivity index (χ3n) is 6.94. The normalized spacial score (nSPS) is 18.8. The van der Waals surface area contributed by atoms with Crippen LogP contribution in [0.4, 0.5) is 0 Å². The Morgan fingerprint density at radius 2 is 1.58 bits per heavy atom. The van der Waals surface area contributed by atoms with Gasteiger partial charge in [0.05, 0.1) is 19.9 Å². The molecular weight excluding hydrogens is 386 g/mol. The molecule has 1 aliphatic heterocycles. The van der Waals surface area contributed by atoms with E-state index in [0.717, 1.165) is 54.0 Å². The van der Waals surface area contributed by atoms with Crippen LogP contribution < -0.4 is 14.8 Å². The maximum atomic E-state index is 5.54. The van der Waals surface area contributed by atoms with Crippen LogP contribution >= 0.6 is 0 Å². The Bertz CT molecular complexity index is 830. The number of pyridine rings is 1. The molecule has 1 saturated carbocycles. The van der Waals surface area contributed by atoms with Crippen molar-refractivity contribution in [3.8, 4) is 22.8 Å². The van der Waals surface area contributed by atoms with Gasteiger partial charge in [-0.1, -0.05) is 19.3 Å². The highest BCUT2D eigenvalue weighted by Gasteiger charge is 2.23. The van der Waals surface area contributed by atoms with E-state index in [1.54, 1.807) is 14.2 Å². The number of nitrogens with one attached hydrogen (secondary N) is 1. The minimum atomic E-state index is 0.694. The molecule has 1 aromatic carbocycles. The summed E-state index contributed by atoms with van der Waals surface area (Å²) in [4.78, 5) is 7.20. The van der Waals surface area contributed by atoms with Crippen molar-refractivity contribution in [3.05, 3.63) is 41.6 Å². The fourth-order valence-electron chi connectivity index (χ4n) is 5.08. The molecule has 2 heterocycles. The van der Waals surface area contributed by atoms with E-state index in [1.165, 1.54) is 50.5 Å². The fraction of sp³-hybridized carbons (Fsp3) is 0.577. The molecular formula is C26H37N3O2. The van der Waals surface area contributed by atoms with Gasteiger partial charge in [0.15, 0.2) is 0 Å². The Morgan fingerprint density at radius 3 is 2.23 bits per heavy atom. The van der Waals surface area contributed by atoms with Gasteiger partial charge in [-0.3, -0.25) is 9.88 Å². The zero-order chi connectivity index (χ0) is 21.6. The molecule has 0 radical (unpaired) electrons. The number of likely N-dealkylation sites (tertiary alicyclic amines) is 1. The van der Waals surface area contributed by atoms with Crippen LogP contribution in [0.3, 0.4) is 0 Å². The monoisotopic (exact) mass is 423 g/mol. The third kappa shape index (κ3) is 5.58. The Kier molecular flexibility index (Phi) is 7.46. The first-order valence-electron chi connectivity index (χ1n) is 11.8. The van der Waals surface area contributed by atoms with Crippen LogP contribution in [0.25, 0.3) is 11.3 Å². The van der Waals surface area contributed by atoms with Gasteiger partial charge in [0, 0.05) is 36.0 Å². The molecule has 1 N–H and O–H groups in total. The first kappa shape index (κ1) is 22.1. The van der Waals surface area contributed by atoms with Crippen LogP contribution in [0.2, 0.25) is 0 Å². The van der Waals surface area contributed by atoms with Crippen molar-refractivity contribution in [2.75, 3.05) is 27.3 Å². The number of nitrogens with zero attached hydrogens (tertiary/aromatic N) is 2.